The second-order valence-corrected chi connectivity index (χ2v) is 4.90. The summed E-state index contributed by atoms with van der Waals surface area (Å²) in [5.74, 6) is 0. The van der Waals surface area contributed by atoms with Crippen LogP contribution in [0.4, 0.5) is 5.69 Å². The van der Waals surface area contributed by atoms with E-state index >= 15 is 0 Å². The van der Waals surface area contributed by atoms with Gasteiger partial charge >= 0.3 is 0 Å². The van der Waals surface area contributed by atoms with Crippen molar-refractivity contribution in [2.75, 3.05) is 24.5 Å². The van der Waals surface area contributed by atoms with Gasteiger partial charge in [0.15, 0.2) is 0 Å². The molecule has 1 heterocycles. The van der Waals surface area contributed by atoms with Gasteiger partial charge in [-0.05, 0) is 30.0 Å². The first-order chi connectivity index (χ1) is 8.36. The summed E-state index contributed by atoms with van der Waals surface area (Å²) in [6.45, 7) is 4.16. The van der Waals surface area contributed by atoms with E-state index in [1.54, 1.807) is 11.3 Å². The predicted octanol–water partition coefficient (Wildman–Crippen LogP) is 3.88. The van der Waals surface area contributed by atoms with E-state index in [0.717, 1.165) is 13.0 Å². The molecule has 0 saturated heterocycles. The second-order valence-electron chi connectivity index (χ2n) is 3.95. The largest absolute Gasteiger partial charge is 0.369 e. The molecule has 0 fully saturated rings. The molecule has 4 heteroatoms. The first kappa shape index (κ1) is 12.0. The van der Waals surface area contributed by atoms with Crippen LogP contribution < -0.4 is 4.90 Å². The van der Waals surface area contributed by atoms with Crippen molar-refractivity contribution in [2.24, 2.45) is 5.18 Å². The van der Waals surface area contributed by atoms with Gasteiger partial charge in [-0.3, -0.25) is 0 Å². The van der Waals surface area contributed by atoms with E-state index in [1.807, 2.05) is 0 Å². The Balaban J connectivity index is 2.33. The molecule has 0 N–H and O–H groups in total. The van der Waals surface area contributed by atoms with Gasteiger partial charge in [0.2, 0.25) is 0 Å². The van der Waals surface area contributed by atoms with Gasteiger partial charge in [-0.25, -0.2) is 0 Å². The highest BCUT2D eigenvalue weighted by Crippen LogP contribution is 2.30. The van der Waals surface area contributed by atoms with Crippen LogP contribution >= 0.6 is 11.3 Å². The summed E-state index contributed by atoms with van der Waals surface area (Å²) >= 11 is 1.75. The molecule has 2 rings (SSSR count). The molecule has 0 amide bonds. The number of hydrogen-bond donors (Lipinski definition) is 0. The van der Waals surface area contributed by atoms with Gasteiger partial charge in [0.05, 0.1) is 6.54 Å². The molecule has 0 aliphatic rings. The summed E-state index contributed by atoms with van der Waals surface area (Å²) in [5, 5.41) is 6.34. The van der Waals surface area contributed by atoms with Crippen molar-refractivity contribution in [3.8, 4) is 0 Å². The molecule has 2 aromatic rings. The summed E-state index contributed by atoms with van der Waals surface area (Å²) < 4.78 is 1.29. The third-order valence-corrected chi connectivity index (χ3v) is 3.65. The lowest BCUT2D eigenvalue weighted by molar-refractivity contribution is 0.764. The highest BCUT2D eigenvalue weighted by molar-refractivity contribution is 7.17. The Morgan fingerprint density at radius 1 is 1.29 bits per heavy atom. The maximum Gasteiger partial charge on any atom is 0.0986 e. The van der Waals surface area contributed by atoms with Crippen LogP contribution in [0.25, 0.3) is 10.1 Å². The van der Waals surface area contributed by atoms with Crippen LogP contribution in [0.1, 0.15) is 13.3 Å². The molecule has 0 saturated carbocycles. The molecule has 0 unspecified atom stereocenters. The first-order valence-electron chi connectivity index (χ1n) is 5.87. The monoisotopic (exact) mass is 248 g/mol. The Hall–Kier alpha value is -1.42. The Morgan fingerprint density at radius 2 is 2.18 bits per heavy atom. The number of thiophene rings is 1. The topological polar surface area (TPSA) is 32.7 Å². The normalized spacial score (nSPS) is 10.6. The van der Waals surface area contributed by atoms with E-state index in [1.165, 1.54) is 15.8 Å². The van der Waals surface area contributed by atoms with E-state index < -0.39 is 0 Å². The van der Waals surface area contributed by atoms with Crippen LogP contribution in [0, 0.1) is 4.91 Å². The summed E-state index contributed by atoms with van der Waals surface area (Å²) in [6.07, 6.45) is 1.07. The maximum absolute atomic E-state index is 10.3. The fraction of sp³-hybridized carbons (Fsp3) is 0.385. The molecule has 1 aromatic heterocycles. The van der Waals surface area contributed by atoms with Crippen molar-refractivity contribution in [2.45, 2.75) is 13.3 Å². The fourth-order valence-corrected chi connectivity index (χ4v) is 2.85. The lowest BCUT2D eigenvalue weighted by Crippen LogP contribution is -2.26. The molecule has 3 nitrogen and oxygen atoms in total. The van der Waals surface area contributed by atoms with Crippen LogP contribution in [0.15, 0.2) is 34.8 Å². The van der Waals surface area contributed by atoms with Crippen molar-refractivity contribution in [3.05, 3.63) is 34.6 Å². The van der Waals surface area contributed by atoms with E-state index in [9.17, 15) is 4.91 Å². The highest BCUT2D eigenvalue weighted by Gasteiger charge is 2.09. The first-order valence-corrected chi connectivity index (χ1v) is 6.75. The van der Waals surface area contributed by atoms with Gasteiger partial charge in [0.1, 0.15) is 0 Å². The van der Waals surface area contributed by atoms with E-state index in [2.05, 4.69) is 46.6 Å². The minimum absolute atomic E-state index is 0.348. The molecule has 17 heavy (non-hydrogen) atoms. The molecular formula is C13H16N2OS. The zero-order chi connectivity index (χ0) is 12.1. The molecule has 0 aliphatic heterocycles. The maximum atomic E-state index is 10.3. The van der Waals surface area contributed by atoms with Gasteiger partial charge in [0.25, 0.3) is 0 Å². The fourth-order valence-electron chi connectivity index (χ4n) is 2.04. The van der Waals surface area contributed by atoms with Crippen LogP contribution in [-0.2, 0) is 0 Å². The molecule has 90 valence electrons. The molecule has 0 spiro atoms. The Labute approximate surface area is 105 Å². The average molecular weight is 248 g/mol. The molecule has 0 radical (unpaired) electrons. The Morgan fingerprint density at radius 3 is 2.94 bits per heavy atom. The molecule has 0 atom stereocenters. The zero-order valence-electron chi connectivity index (χ0n) is 9.93. The minimum Gasteiger partial charge on any atom is -0.369 e. The van der Waals surface area contributed by atoms with Gasteiger partial charge in [-0.1, -0.05) is 18.2 Å². The number of hydrogen-bond acceptors (Lipinski definition) is 4. The lowest BCUT2D eigenvalue weighted by atomic mass is 10.2. The van der Waals surface area contributed by atoms with Crippen molar-refractivity contribution in [3.63, 3.8) is 0 Å². The summed E-state index contributed by atoms with van der Waals surface area (Å²) in [4.78, 5) is 12.5. The lowest BCUT2D eigenvalue weighted by Gasteiger charge is -2.23. The number of nitroso groups, excluding NO2 is 1. The summed E-state index contributed by atoms with van der Waals surface area (Å²) in [5.41, 5.74) is 1.22. The number of benzene rings is 1. The van der Waals surface area contributed by atoms with Crippen molar-refractivity contribution in [1.82, 2.24) is 0 Å². The number of fused-ring (bicyclic) bond motifs is 1. The van der Waals surface area contributed by atoms with Crippen molar-refractivity contribution < 1.29 is 0 Å². The van der Waals surface area contributed by atoms with Gasteiger partial charge in [-0.2, -0.15) is 4.91 Å². The SMILES string of the molecule is CCCN(CCN=O)c1cccc2sccc12. The van der Waals surface area contributed by atoms with Crippen LogP contribution in [0.3, 0.4) is 0 Å². The average Bonchev–Trinajstić information content (AvgIpc) is 2.82. The summed E-state index contributed by atoms with van der Waals surface area (Å²) in [7, 11) is 0. The van der Waals surface area contributed by atoms with E-state index in [-0.39, 0.29) is 0 Å². The second kappa shape index (κ2) is 5.77. The Bertz CT molecular complexity index is 495. The predicted molar refractivity (Wildman–Crippen MR) is 75.0 cm³/mol. The third kappa shape index (κ3) is 2.64. The smallest absolute Gasteiger partial charge is 0.0986 e. The minimum atomic E-state index is 0.348. The molecular weight excluding hydrogens is 232 g/mol. The number of anilines is 1. The van der Waals surface area contributed by atoms with E-state index in [0.29, 0.717) is 13.1 Å². The van der Waals surface area contributed by atoms with Crippen LogP contribution in [0.5, 0.6) is 0 Å². The third-order valence-electron chi connectivity index (χ3n) is 2.77. The van der Waals surface area contributed by atoms with Crippen molar-refractivity contribution >= 4 is 27.1 Å². The summed E-state index contributed by atoms with van der Waals surface area (Å²) in [6, 6.07) is 8.47. The number of nitrogens with zero attached hydrogens (tertiary/aromatic N) is 2. The highest BCUT2D eigenvalue weighted by atomic mass is 32.1. The quantitative estimate of drug-likeness (QED) is 0.727. The van der Waals surface area contributed by atoms with Gasteiger partial charge in [-0.15, -0.1) is 11.3 Å². The zero-order valence-corrected chi connectivity index (χ0v) is 10.7. The van der Waals surface area contributed by atoms with Crippen LogP contribution in [-0.4, -0.2) is 19.6 Å². The van der Waals surface area contributed by atoms with Gasteiger partial charge in [0, 0.05) is 28.9 Å². The van der Waals surface area contributed by atoms with Gasteiger partial charge < -0.3 is 4.90 Å². The van der Waals surface area contributed by atoms with E-state index in [4.69, 9.17) is 0 Å². The van der Waals surface area contributed by atoms with Crippen LogP contribution in [0.2, 0.25) is 0 Å². The standard InChI is InChI=1S/C13H16N2OS/c1-2-8-15(9-7-14-16)12-4-3-5-13-11(12)6-10-17-13/h3-6,10H,2,7-9H2,1H3. The molecule has 0 aliphatic carbocycles. The van der Waals surface area contributed by atoms with Crippen molar-refractivity contribution in [1.29, 1.82) is 0 Å². The Kier molecular flexibility index (Phi) is 4.09. The molecule has 0 bridgehead atoms. The molecule has 1 aromatic carbocycles. The number of rotatable bonds is 6.